The van der Waals surface area contributed by atoms with Crippen LogP contribution in [0.3, 0.4) is 0 Å². The fraction of sp³-hybridized carbons (Fsp3) is 0.786. The lowest BCUT2D eigenvalue weighted by Gasteiger charge is -2.35. The highest BCUT2D eigenvalue weighted by Gasteiger charge is 2.40. The Bertz CT molecular complexity index is 283. The van der Waals surface area contributed by atoms with E-state index >= 15 is 0 Å². The van der Waals surface area contributed by atoms with Crippen molar-refractivity contribution in [2.45, 2.75) is 57.5 Å². The molecule has 2 aliphatic heterocycles. The largest absolute Gasteiger partial charge is 0.300 e. The van der Waals surface area contributed by atoms with Crippen LogP contribution < -0.4 is 0 Å². The van der Waals surface area contributed by atoms with E-state index in [-0.39, 0.29) is 0 Å². The van der Waals surface area contributed by atoms with E-state index in [1.807, 2.05) is 6.92 Å². The van der Waals surface area contributed by atoms with E-state index in [1.54, 1.807) is 0 Å². The summed E-state index contributed by atoms with van der Waals surface area (Å²) in [4.78, 5) is 14.6. The summed E-state index contributed by atoms with van der Waals surface area (Å²) in [5.74, 6) is 0.820. The number of piperidine rings is 1. The van der Waals surface area contributed by atoms with Gasteiger partial charge in [-0.3, -0.25) is 4.79 Å². The maximum absolute atomic E-state index is 12.1. The maximum atomic E-state index is 12.1. The fourth-order valence-corrected chi connectivity index (χ4v) is 3.22. The lowest BCUT2D eigenvalue weighted by molar-refractivity contribution is -0.125. The highest BCUT2D eigenvalue weighted by molar-refractivity contribution is 5.81. The zero-order valence-corrected chi connectivity index (χ0v) is 10.5. The molecule has 16 heavy (non-hydrogen) atoms. The number of rotatable bonds is 4. The predicted octanol–water partition coefficient (Wildman–Crippen LogP) is 2.78. The first-order valence-electron chi connectivity index (χ1n) is 6.47. The van der Waals surface area contributed by atoms with Crippen LogP contribution in [0.2, 0.25) is 0 Å². The second-order valence-corrected chi connectivity index (χ2v) is 5.64. The van der Waals surface area contributed by atoms with E-state index in [2.05, 4.69) is 18.5 Å². The lowest BCUT2D eigenvalue weighted by Crippen LogP contribution is -2.42. The molecule has 0 N–H and O–H groups in total. The molecule has 2 heterocycles. The van der Waals surface area contributed by atoms with Gasteiger partial charge in [0.25, 0.3) is 0 Å². The van der Waals surface area contributed by atoms with Gasteiger partial charge in [0, 0.05) is 24.4 Å². The van der Waals surface area contributed by atoms with Crippen molar-refractivity contribution in [2.75, 3.05) is 7.05 Å². The van der Waals surface area contributed by atoms with Crippen molar-refractivity contribution in [1.29, 1.82) is 0 Å². The number of carbonyl (C=O) groups excluding carboxylic acids is 1. The Morgan fingerprint density at radius 2 is 1.81 bits per heavy atom. The monoisotopic (exact) mass is 221 g/mol. The first kappa shape index (κ1) is 11.8. The van der Waals surface area contributed by atoms with Gasteiger partial charge in [-0.2, -0.15) is 0 Å². The van der Waals surface area contributed by atoms with Crippen LogP contribution in [0.4, 0.5) is 0 Å². The van der Waals surface area contributed by atoms with E-state index in [4.69, 9.17) is 0 Å². The minimum atomic E-state index is 0.341. The van der Waals surface area contributed by atoms with Crippen molar-refractivity contribution in [1.82, 2.24) is 4.90 Å². The van der Waals surface area contributed by atoms with Crippen molar-refractivity contribution in [3.63, 3.8) is 0 Å². The summed E-state index contributed by atoms with van der Waals surface area (Å²) in [7, 11) is 2.22. The number of ketones is 1. The number of hydrogen-bond acceptors (Lipinski definition) is 2. The van der Waals surface area contributed by atoms with E-state index in [0.717, 1.165) is 24.8 Å². The maximum Gasteiger partial charge on any atom is 0.136 e. The Morgan fingerprint density at radius 3 is 2.31 bits per heavy atom. The van der Waals surface area contributed by atoms with Gasteiger partial charge in [-0.05, 0) is 46.1 Å². The van der Waals surface area contributed by atoms with E-state index in [9.17, 15) is 4.79 Å². The molecular weight excluding hydrogens is 198 g/mol. The summed E-state index contributed by atoms with van der Waals surface area (Å²) in [6.45, 7) is 5.87. The van der Waals surface area contributed by atoms with E-state index in [0.29, 0.717) is 30.2 Å². The van der Waals surface area contributed by atoms with Crippen molar-refractivity contribution in [2.24, 2.45) is 5.92 Å². The summed E-state index contributed by atoms with van der Waals surface area (Å²) in [6, 6.07) is 1.36. The second-order valence-electron chi connectivity index (χ2n) is 5.64. The van der Waals surface area contributed by atoms with Gasteiger partial charge in [0.1, 0.15) is 5.78 Å². The average Bonchev–Trinajstić information content (AvgIpc) is 2.50. The first-order chi connectivity index (χ1) is 7.58. The van der Waals surface area contributed by atoms with Crippen LogP contribution in [-0.2, 0) is 4.79 Å². The molecule has 2 fully saturated rings. The molecule has 0 saturated carbocycles. The Kier molecular flexibility index (Phi) is 3.48. The van der Waals surface area contributed by atoms with Crippen molar-refractivity contribution in [3.8, 4) is 0 Å². The molecular formula is C14H23NO. The van der Waals surface area contributed by atoms with Crippen molar-refractivity contribution < 1.29 is 4.79 Å². The zero-order chi connectivity index (χ0) is 11.7. The molecule has 2 unspecified atom stereocenters. The number of allylic oxidation sites excluding steroid dienone is 1. The number of nitrogens with zero attached hydrogens (tertiary/aromatic N) is 1. The third-order valence-corrected chi connectivity index (χ3v) is 4.35. The summed E-state index contributed by atoms with van der Waals surface area (Å²) in [5, 5.41) is 0. The van der Waals surface area contributed by atoms with Crippen molar-refractivity contribution >= 4 is 5.78 Å². The van der Waals surface area contributed by atoms with Gasteiger partial charge in [-0.1, -0.05) is 5.57 Å². The molecule has 2 saturated heterocycles. The number of hydrogen-bond donors (Lipinski definition) is 0. The Labute approximate surface area is 98.7 Å². The molecule has 2 heteroatoms. The molecule has 2 atom stereocenters. The number of fused-ring (bicyclic) bond motifs is 2. The smallest absolute Gasteiger partial charge is 0.136 e. The van der Waals surface area contributed by atoms with Crippen molar-refractivity contribution in [3.05, 3.63) is 12.2 Å². The molecule has 0 aromatic rings. The molecule has 2 bridgehead atoms. The van der Waals surface area contributed by atoms with Gasteiger partial charge in [-0.25, -0.2) is 0 Å². The van der Waals surface area contributed by atoms with Crippen LogP contribution in [0, 0.1) is 5.92 Å². The average molecular weight is 221 g/mol. The Morgan fingerprint density at radius 1 is 1.25 bits per heavy atom. The normalized spacial score (nSPS) is 34.0. The molecule has 0 spiro atoms. The van der Waals surface area contributed by atoms with Gasteiger partial charge in [0.05, 0.1) is 0 Å². The molecule has 0 aliphatic carbocycles. The molecule has 2 rings (SSSR count). The highest BCUT2D eigenvalue weighted by atomic mass is 16.1. The standard InChI is InChI=1S/C14H23NO/c1-10(2)4-7-14(16)11-8-12-5-6-13(9-11)15(12)3/h11-13H,1,4-9H2,2-3H3. The number of Topliss-reactive ketones (excluding diaryl/α,β-unsaturated/α-hetero) is 1. The van der Waals surface area contributed by atoms with E-state index in [1.165, 1.54) is 12.8 Å². The van der Waals surface area contributed by atoms with Crippen LogP contribution in [0.1, 0.15) is 45.4 Å². The molecule has 0 amide bonds. The topological polar surface area (TPSA) is 20.3 Å². The van der Waals surface area contributed by atoms with Crippen LogP contribution in [-0.4, -0.2) is 29.8 Å². The zero-order valence-electron chi connectivity index (χ0n) is 10.5. The molecule has 2 nitrogen and oxygen atoms in total. The Hall–Kier alpha value is -0.630. The molecule has 0 radical (unpaired) electrons. The fourth-order valence-electron chi connectivity index (χ4n) is 3.22. The molecule has 0 aromatic heterocycles. The van der Waals surface area contributed by atoms with Gasteiger partial charge < -0.3 is 4.90 Å². The van der Waals surface area contributed by atoms with Gasteiger partial charge in [-0.15, -0.1) is 6.58 Å². The molecule has 0 aromatic carbocycles. The summed E-state index contributed by atoms with van der Waals surface area (Å²) in [5.41, 5.74) is 1.13. The van der Waals surface area contributed by atoms with Crippen LogP contribution in [0.25, 0.3) is 0 Å². The predicted molar refractivity (Wildman–Crippen MR) is 66.4 cm³/mol. The number of carbonyl (C=O) groups is 1. The minimum Gasteiger partial charge on any atom is -0.300 e. The quantitative estimate of drug-likeness (QED) is 0.680. The van der Waals surface area contributed by atoms with Crippen LogP contribution >= 0.6 is 0 Å². The van der Waals surface area contributed by atoms with Crippen LogP contribution in [0.15, 0.2) is 12.2 Å². The third-order valence-electron chi connectivity index (χ3n) is 4.35. The summed E-state index contributed by atoms with van der Waals surface area (Å²) in [6.07, 6.45) is 6.38. The molecule has 90 valence electrons. The van der Waals surface area contributed by atoms with Gasteiger partial charge in [0.15, 0.2) is 0 Å². The first-order valence-corrected chi connectivity index (χ1v) is 6.47. The van der Waals surface area contributed by atoms with Gasteiger partial charge in [0.2, 0.25) is 0 Å². The second kappa shape index (κ2) is 4.70. The van der Waals surface area contributed by atoms with Gasteiger partial charge >= 0.3 is 0 Å². The van der Waals surface area contributed by atoms with Crippen LogP contribution in [0.5, 0.6) is 0 Å². The summed E-state index contributed by atoms with van der Waals surface area (Å²) >= 11 is 0. The lowest BCUT2D eigenvalue weighted by atomic mass is 9.86. The summed E-state index contributed by atoms with van der Waals surface area (Å²) < 4.78 is 0. The minimum absolute atomic E-state index is 0.341. The Balaban J connectivity index is 1.87. The third kappa shape index (κ3) is 2.37. The highest BCUT2D eigenvalue weighted by Crippen LogP contribution is 2.38. The van der Waals surface area contributed by atoms with E-state index < -0.39 is 0 Å². The SMILES string of the molecule is C=C(C)CCC(=O)C1CC2CCC(C1)N2C. The molecule has 2 aliphatic rings.